The lowest BCUT2D eigenvalue weighted by molar-refractivity contribution is -0.137. The number of amides is 1. The minimum atomic E-state index is -0.838. The van der Waals surface area contributed by atoms with Crippen molar-refractivity contribution in [3.8, 4) is 0 Å². The molecule has 4 N–H and O–H groups in total. The van der Waals surface area contributed by atoms with Crippen molar-refractivity contribution in [2.45, 2.75) is 45.6 Å². The molecule has 0 aliphatic rings. The second kappa shape index (κ2) is 8.10. The van der Waals surface area contributed by atoms with E-state index in [9.17, 15) is 9.59 Å². The highest BCUT2D eigenvalue weighted by Crippen LogP contribution is 2.06. The van der Waals surface area contributed by atoms with Crippen LogP contribution in [0.15, 0.2) is 0 Å². The van der Waals surface area contributed by atoms with Crippen LogP contribution in [-0.2, 0) is 9.59 Å². The van der Waals surface area contributed by atoms with Gasteiger partial charge in [0.05, 0.1) is 0 Å². The molecule has 0 fully saturated rings. The Morgan fingerprint density at radius 3 is 2.50 bits per heavy atom. The summed E-state index contributed by atoms with van der Waals surface area (Å²) in [6, 6.07) is -0.0983. The normalized spacial score (nSPS) is 14.2. The summed E-state index contributed by atoms with van der Waals surface area (Å²) < 4.78 is 0. The highest BCUT2D eigenvalue weighted by atomic mass is 16.4. The maximum absolute atomic E-state index is 11.5. The Bertz CT molecular complexity index is 227. The number of nitrogens with two attached hydrogens (primary N) is 1. The van der Waals surface area contributed by atoms with E-state index in [-0.39, 0.29) is 24.3 Å². The van der Waals surface area contributed by atoms with Gasteiger partial charge < -0.3 is 16.2 Å². The number of carbonyl (C=O) groups excluding carboxylic acids is 1. The van der Waals surface area contributed by atoms with Crippen LogP contribution in [0.2, 0.25) is 0 Å². The molecule has 5 nitrogen and oxygen atoms in total. The van der Waals surface area contributed by atoms with E-state index in [2.05, 4.69) is 5.32 Å². The van der Waals surface area contributed by atoms with E-state index in [1.54, 1.807) is 0 Å². The molecule has 0 aromatic heterocycles. The Balaban J connectivity index is 3.81. The molecular formula is C11H22N2O3. The van der Waals surface area contributed by atoms with Gasteiger partial charge >= 0.3 is 5.97 Å². The van der Waals surface area contributed by atoms with Gasteiger partial charge in [-0.25, -0.2) is 0 Å². The number of carboxylic acid groups (broad SMARTS) is 1. The highest BCUT2D eigenvalue weighted by molar-refractivity contribution is 5.76. The number of hydrogen-bond acceptors (Lipinski definition) is 3. The van der Waals surface area contributed by atoms with Gasteiger partial charge in [0, 0.05) is 18.9 Å². The Labute approximate surface area is 96.4 Å². The average Bonchev–Trinajstić information content (AvgIpc) is 2.23. The third kappa shape index (κ3) is 7.23. The zero-order valence-electron chi connectivity index (χ0n) is 10.0. The average molecular weight is 230 g/mol. The topological polar surface area (TPSA) is 92.4 Å². The molecule has 2 atom stereocenters. The van der Waals surface area contributed by atoms with Crippen LogP contribution in [0.3, 0.4) is 0 Å². The standard InChI is InChI=1S/C11H22N2O3/c1-3-9(7-12)6-10(14)13-8(2)4-5-11(15)16/h8-9H,3-7,12H2,1-2H3,(H,13,14)(H,15,16). The van der Waals surface area contributed by atoms with Crippen LogP contribution in [0.4, 0.5) is 0 Å². The van der Waals surface area contributed by atoms with Gasteiger partial charge in [-0.05, 0) is 25.8 Å². The lowest BCUT2D eigenvalue weighted by Crippen LogP contribution is -2.35. The van der Waals surface area contributed by atoms with E-state index in [4.69, 9.17) is 10.8 Å². The molecule has 0 aromatic rings. The molecule has 0 aliphatic heterocycles. The van der Waals surface area contributed by atoms with Crippen LogP contribution in [0.5, 0.6) is 0 Å². The molecule has 0 radical (unpaired) electrons. The molecule has 16 heavy (non-hydrogen) atoms. The van der Waals surface area contributed by atoms with Gasteiger partial charge in [-0.15, -0.1) is 0 Å². The number of hydrogen-bond donors (Lipinski definition) is 3. The largest absolute Gasteiger partial charge is 0.481 e. The van der Waals surface area contributed by atoms with Gasteiger partial charge in [0.2, 0.25) is 5.91 Å². The van der Waals surface area contributed by atoms with Crippen LogP contribution in [0.25, 0.3) is 0 Å². The first kappa shape index (κ1) is 14.9. The predicted molar refractivity (Wildman–Crippen MR) is 61.9 cm³/mol. The minimum absolute atomic E-state index is 0.0461. The Morgan fingerprint density at radius 2 is 2.06 bits per heavy atom. The molecule has 0 saturated heterocycles. The van der Waals surface area contributed by atoms with Crippen LogP contribution >= 0.6 is 0 Å². The van der Waals surface area contributed by atoms with Crippen molar-refractivity contribution in [3.63, 3.8) is 0 Å². The third-order valence-corrected chi connectivity index (χ3v) is 2.58. The number of carbonyl (C=O) groups is 2. The van der Waals surface area contributed by atoms with Crippen molar-refractivity contribution in [2.75, 3.05) is 6.54 Å². The molecule has 5 heteroatoms. The summed E-state index contributed by atoms with van der Waals surface area (Å²) in [5.74, 6) is -0.670. The number of aliphatic carboxylic acids is 1. The monoisotopic (exact) mass is 230 g/mol. The second-order valence-corrected chi connectivity index (χ2v) is 4.12. The summed E-state index contributed by atoms with van der Waals surface area (Å²) in [7, 11) is 0. The second-order valence-electron chi connectivity index (χ2n) is 4.12. The lowest BCUT2D eigenvalue weighted by Gasteiger charge is -2.16. The highest BCUT2D eigenvalue weighted by Gasteiger charge is 2.13. The van der Waals surface area contributed by atoms with Crippen molar-refractivity contribution >= 4 is 11.9 Å². The van der Waals surface area contributed by atoms with Gasteiger partial charge in [-0.1, -0.05) is 13.3 Å². The van der Waals surface area contributed by atoms with Crippen molar-refractivity contribution < 1.29 is 14.7 Å². The summed E-state index contributed by atoms with van der Waals surface area (Å²) in [6.07, 6.45) is 1.84. The van der Waals surface area contributed by atoms with Crippen LogP contribution in [0, 0.1) is 5.92 Å². The van der Waals surface area contributed by atoms with E-state index >= 15 is 0 Å². The van der Waals surface area contributed by atoms with Gasteiger partial charge in [0.15, 0.2) is 0 Å². The summed E-state index contributed by atoms with van der Waals surface area (Å²) in [5, 5.41) is 11.3. The Kier molecular flexibility index (Phi) is 7.54. The Hall–Kier alpha value is -1.10. The minimum Gasteiger partial charge on any atom is -0.481 e. The van der Waals surface area contributed by atoms with Gasteiger partial charge in [-0.2, -0.15) is 0 Å². The zero-order chi connectivity index (χ0) is 12.6. The first-order chi connectivity index (χ1) is 7.49. The van der Waals surface area contributed by atoms with Crippen molar-refractivity contribution in [2.24, 2.45) is 11.7 Å². The molecule has 94 valence electrons. The smallest absolute Gasteiger partial charge is 0.303 e. The third-order valence-electron chi connectivity index (χ3n) is 2.58. The molecule has 0 bridgehead atoms. The summed E-state index contributed by atoms with van der Waals surface area (Å²) in [5.41, 5.74) is 5.50. The van der Waals surface area contributed by atoms with E-state index in [0.29, 0.717) is 19.4 Å². The quantitative estimate of drug-likeness (QED) is 0.573. The van der Waals surface area contributed by atoms with Crippen LogP contribution in [0.1, 0.15) is 39.5 Å². The summed E-state index contributed by atoms with van der Waals surface area (Å²) in [6.45, 7) is 4.32. The summed E-state index contributed by atoms with van der Waals surface area (Å²) in [4.78, 5) is 21.8. The fraction of sp³-hybridized carbons (Fsp3) is 0.818. The van der Waals surface area contributed by atoms with Crippen LogP contribution < -0.4 is 11.1 Å². The zero-order valence-corrected chi connectivity index (χ0v) is 10.0. The molecule has 0 saturated carbocycles. The Morgan fingerprint density at radius 1 is 1.44 bits per heavy atom. The maximum atomic E-state index is 11.5. The molecule has 0 aromatic carbocycles. The van der Waals surface area contributed by atoms with E-state index < -0.39 is 5.97 Å². The SMILES string of the molecule is CCC(CN)CC(=O)NC(C)CCC(=O)O. The fourth-order valence-electron chi connectivity index (χ4n) is 1.40. The van der Waals surface area contributed by atoms with Gasteiger partial charge in [-0.3, -0.25) is 9.59 Å². The van der Waals surface area contributed by atoms with Crippen molar-refractivity contribution in [1.29, 1.82) is 0 Å². The lowest BCUT2D eigenvalue weighted by atomic mass is 10.0. The number of rotatable bonds is 8. The maximum Gasteiger partial charge on any atom is 0.303 e. The van der Waals surface area contributed by atoms with E-state index in [1.807, 2.05) is 13.8 Å². The first-order valence-electron chi connectivity index (χ1n) is 5.70. The number of carboxylic acids is 1. The molecule has 0 heterocycles. The van der Waals surface area contributed by atoms with Crippen molar-refractivity contribution in [3.05, 3.63) is 0 Å². The summed E-state index contributed by atoms with van der Waals surface area (Å²) >= 11 is 0. The van der Waals surface area contributed by atoms with E-state index in [0.717, 1.165) is 6.42 Å². The molecule has 0 rings (SSSR count). The predicted octanol–water partition coefficient (Wildman–Crippen LogP) is 0.731. The van der Waals surface area contributed by atoms with Gasteiger partial charge in [0.25, 0.3) is 0 Å². The molecule has 0 aliphatic carbocycles. The van der Waals surface area contributed by atoms with Crippen molar-refractivity contribution in [1.82, 2.24) is 5.32 Å². The molecule has 1 amide bonds. The molecule has 2 unspecified atom stereocenters. The van der Waals surface area contributed by atoms with Crippen LogP contribution in [-0.4, -0.2) is 29.6 Å². The van der Waals surface area contributed by atoms with E-state index in [1.165, 1.54) is 0 Å². The number of nitrogens with one attached hydrogen (secondary N) is 1. The fourth-order valence-corrected chi connectivity index (χ4v) is 1.40. The molecular weight excluding hydrogens is 208 g/mol. The molecule has 0 spiro atoms. The first-order valence-corrected chi connectivity index (χ1v) is 5.70. The van der Waals surface area contributed by atoms with Gasteiger partial charge in [0.1, 0.15) is 0 Å².